The third kappa shape index (κ3) is 3.82. The summed E-state index contributed by atoms with van der Waals surface area (Å²) in [5, 5.41) is 2.03. The monoisotopic (exact) mass is 254 g/mol. The second-order valence-electron chi connectivity index (χ2n) is 4.81. The highest BCUT2D eigenvalue weighted by Crippen LogP contribution is 2.24. The molecule has 4 heteroatoms. The van der Waals surface area contributed by atoms with Crippen LogP contribution in [0.4, 0.5) is 0 Å². The van der Waals surface area contributed by atoms with Crippen molar-refractivity contribution in [1.29, 1.82) is 0 Å². The summed E-state index contributed by atoms with van der Waals surface area (Å²) in [5.41, 5.74) is 5.93. The fourth-order valence-electron chi connectivity index (χ4n) is 1.52. The predicted octanol–water partition coefficient (Wildman–Crippen LogP) is 2.64. The quantitative estimate of drug-likeness (QED) is 0.878. The Kier molecular flexibility index (Phi) is 5.15. The van der Waals surface area contributed by atoms with Gasteiger partial charge in [0.05, 0.1) is 6.04 Å². The van der Waals surface area contributed by atoms with E-state index in [0.717, 1.165) is 0 Å². The van der Waals surface area contributed by atoms with E-state index in [2.05, 4.69) is 6.07 Å². The fraction of sp³-hybridized carbons (Fsp3) is 0.615. The third-order valence-electron chi connectivity index (χ3n) is 3.20. The fourth-order valence-corrected chi connectivity index (χ4v) is 2.34. The van der Waals surface area contributed by atoms with Crippen LogP contribution in [0.25, 0.3) is 0 Å². The number of carbonyl (C=O) groups excluding carboxylic acids is 1. The molecule has 17 heavy (non-hydrogen) atoms. The summed E-state index contributed by atoms with van der Waals surface area (Å²) in [6.07, 6.45) is 0.421. The molecule has 0 spiro atoms. The van der Waals surface area contributed by atoms with Gasteiger partial charge in [-0.25, -0.2) is 0 Å². The van der Waals surface area contributed by atoms with Crippen molar-refractivity contribution >= 4 is 17.2 Å². The molecule has 0 aliphatic carbocycles. The van der Waals surface area contributed by atoms with E-state index in [1.54, 1.807) is 16.2 Å². The van der Waals surface area contributed by atoms with Crippen LogP contribution >= 0.6 is 11.3 Å². The van der Waals surface area contributed by atoms with Gasteiger partial charge in [0.2, 0.25) is 5.91 Å². The van der Waals surface area contributed by atoms with E-state index < -0.39 is 0 Å². The van der Waals surface area contributed by atoms with Gasteiger partial charge >= 0.3 is 0 Å². The normalized spacial score (nSPS) is 14.7. The standard InChI is InChI=1S/C13H22N2OS/c1-9(2)11(14)8-13(16)15(4)10(3)12-6-5-7-17-12/h5-7,9-11H,8,14H2,1-4H3. The first-order chi connectivity index (χ1) is 7.93. The number of carbonyl (C=O) groups is 1. The Hall–Kier alpha value is -0.870. The number of nitrogens with zero attached hydrogens (tertiary/aromatic N) is 1. The topological polar surface area (TPSA) is 46.3 Å². The molecule has 0 radical (unpaired) electrons. The molecule has 2 unspecified atom stereocenters. The van der Waals surface area contributed by atoms with Crippen LogP contribution in [0.1, 0.15) is 38.1 Å². The van der Waals surface area contributed by atoms with E-state index >= 15 is 0 Å². The summed E-state index contributed by atoms with van der Waals surface area (Å²) >= 11 is 1.68. The van der Waals surface area contributed by atoms with Gasteiger partial charge in [0.15, 0.2) is 0 Å². The second kappa shape index (κ2) is 6.17. The predicted molar refractivity (Wildman–Crippen MR) is 72.9 cm³/mol. The summed E-state index contributed by atoms with van der Waals surface area (Å²) in [6.45, 7) is 6.13. The zero-order valence-corrected chi connectivity index (χ0v) is 11.8. The van der Waals surface area contributed by atoms with Crippen molar-refractivity contribution in [2.45, 2.75) is 39.3 Å². The molecule has 0 bridgehead atoms. The zero-order chi connectivity index (χ0) is 13.0. The van der Waals surface area contributed by atoms with Crippen LogP contribution in [0.5, 0.6) is 0 Å². The molecule has 0 aliphatic heterocycles. The minimum Gasteiger partial charge on any atom is -0.338 e. The van der Waals surface area contributed by atoms with Crippen molar-refractivity contribution in [3.05, 3.63) is 22.4 Å². The molecule has 96 valence electrons. The molecule has 0 aliphatic rings. The molecule has 1 amide bonds. The lowest BCUT2D eigenvalue weighted by molar-refractivity contribution is -0.132. The maximum atomic E-state index is 12.0. The number of hydrogen-bond donors (Lipinski definition) is 1. The summed E-state index contributed by atoms with van der Waals surface area (Å²) in [6, 6.07) is 4.14. The number of rotatable bonds is 5. The first-order valence-electron chi connectivity index (χ1n) is 5.98. The van der Waals surface area contributed by atoms with Crippen molar-refractivity contribution in [1.82, 2.24) is 4.90 Å². The molecule has 0 fully saturated rings. The zero-order valence-electron chi connectivity index (χ0n) is 11.0. The van der Waals surface area contributed by atoms with E-state index in [4.69, 9.17) is 5.73 Å². The maximum Gasteiger partial charge on any atom is 0.224 e. The minimum absolute atomic E-state index is 0.0551. The smallest absolute Gasteiger partial charge is 0.224 e. The Morgan fingerprint density at radius 1 is 1.47 bits per heavy atom. The van der Waals surface area contributed by atoms with Gasteiger partial charge in [0, 0.05) is 24.4 Å². The number of nitrogens with two attached hydrogens (primary N) is 1. The van der Waals surface area contributed by atoms with Gasteiger partial charge in [-0.05, 0) is 24.3 Å². The molecule has 1 heterocycles. The van der Waals surface area contributed by atoms with Crippen molar-refractivity contribution in [2.75, 3.05) is 7.05 Å². The maximum absolute atomic E-state index is 12.0. The molecule has 1 aromatic rings. The lowest BCUT2D eigenvalue weighted by Crippen LogP contribution is -2.37. The Morgan fingerprint density at radius 3 is 2.59 bits per heavy atom. The summed E-state index contributed by atoms with van der Waals surface area (Å²) < 4.78 is 0. The molecule has 2 atom stereocenters. The molecular weight excluding hydrogens is 232 g/mol. The first-order valence-corrected chi connectivity index (χ1v) is 6.86. The van der Waals surface area contributed by atoms with Gasteiger partial charge in [-0.15, -0.1) is 11.3 Å². The van der Waals surface area contributed by atoms with Gasteiger partial charge < -0.3 is 10.6 Å². The lowest BCUT2D eigenvalue weighted by Gasteiger charge is -2.26. The highest BCUT2D eigenvalue weighted by molar-refractivity contribution is 7.10. The number of amides is 1. The van der Waals surface area contributed by atoms with Crippen LogP contribution in [0.3, 0.4) is 0 Å². The van der Waals surface area contributed by atoms with Crippen LogP contribution in [0.15, 0.2) is 17.5 Å². The summed E-state index contributed by atoms with van der Waals surface area (Å²) in [5.74, 6) is 0.455. The lowest BCUT2D eigenvalue weighted by atomic mass is 10.0. The Balaban J connectivity index is 2.58. The minimum atomic E-state index is -0.0551. The highest BCUT2D eigenvalue weighted by atomic mass is 32.1. The highest BCUT2D eigenvalue weighted by Gasteiger charge is 2.21. The molecule has 0 saturated carbocycles. The van der Waals surface area contributed by atoms with Crippen LogP contribution in [-0.2, 0) is 4.79 Å². The van der Waals surface area contributed by atoms with E-state index in [0.29, 0.717) is 12.3 Å². The Bertz CT molecular complexity index is 348. The molecular formula is C13H22N2OS. The van der Waals surface area contributed by atoms with Crippen molar-refractivity contribution in [3.63, 3.8) is 0 Å². The van der Waals surface area contributed by atoms with E-state index in [1.165, 1.54) is 4.88 Å². The second-order valence-corrected chi connectivity index (χ2v) is 5.79. The van der Waals surface area contributed by atoms with E-state index in [-0.39, 0.29) is 18.0 Å². The summed E-state index contributed by atoms with van der Waals surface area (Å²) in [7, 11) is 1.85. The molecule has 0 saturated heterocycles. The SMILES string of the molecule is CC(C)C(N)CC(=O)N(C)C(C)c1cccs1. The summed E-state index contributed by atoms with van der Waals surface area (Å²) in [4.78, 5) is 15.0. The molecule has 1 aromatic heterocycles. The third-order valence-corrected chi connectivity index (χ3v) is 4.24. The molecule has 2 N–H and O–H groups in total. The van der Waals surface area contributed by atoms with Crippen molar-refractivity contribution in [2.24, 2.45) is 11.7 Å². The number of hydrogen-bond acceptors (Lipinski definition) is 3. The van der Waals surface area contributed by atoms with E-state index in [9.17, 15) is 4.79 Å². The van der Waals surface area contributed by atoms with Gasteiger partial charge in [-0.1, -0.05) is 19.9 Å². The van der Waals surface area contributed by atoms with Crippen LogP contribution in [0, 0.1) is 5.92 Å². The van der Waals surface area contributed by atoms with Gasteiger partial charge in [-0.3, -0.25) is 4.79 Å². The van der Waals surface area contributed by atoms with Crippen molar-refractivity contribution < 1.29 is 4.79 Å². The van der Waals surface area contributed by atoms with E-state index in [1.807, 2.05) is 39.3 Å². The van der Waals surface area contributed by atoms with Crippen LogP contribution in [0.2, 0.25) is 0 Å². The molecule has 0 aromatic carbocycles. The largest absolute Gasteiger partial charge is 0.338 e. The van der Waals surface area contributed by atoms with Gasteiger partial charge in [0.25, 0.3) is 0 Å². The Morgan fingerprint density at radius 2 is 2.12 bits per heavy atom. The van der Waals surface area contributed by atoms with Crippen LogP contribution < -0.4 is 5.73 Å². The number of thiophene rings is 1. The average Bonchev–Trinajstić information content (AvgIpc) is 2.80. The van der Waals surface area contributed by atoms with Gasteiger partial charge in [-0.2, -0.15) is 0 Å². The van der Waals surface area contributed by atoms with Crippen molar-refractivity contribution in [3.8, 4) is 0 Å². The first kappa shape index (κ1) is 14.2. The van der Waals surface area contributed by atoms with Crippen LogP contribution in [-0.4, -0.2) is 23.9 Å². The Labute approximate surface area is 108 Å². The average molecular weight is 254 g/mol. The molecule has 1 rings (SSSR count). The van der Waals surface area contributed by atoms with Gasteiger partial charge in [0.1, 0.15) is 0 Å². The molecule has 3 nitrogen and oxygen atoms in total.